The third-order valence-electron chi connectivity index (χ3n) is 3.78. The van der Waals surface area contributed by atoms with Crippen molar-refractivity contribution in [3.63, 3.8) is 0 Å². The second-order valence-corrected chi connectivity index (χ2v) is 5.48. The Hall–Kier alpha value is -2.34. The van der Waals surface area contributed by atoms with Crippen molar-refractivity contribution in [3.8, 4) is 0 Å². The number of hydrogen-bond acceptors (Lipinski definition) is 4. The van der Waals surface area contributed by atoms with E-state index in [0.29, 0.717) is 38.3 Å². The summed E-state index contributed by atoms with van der Waals surface area (Å²) in [6.07, 6.45) is 4.03. The second-order valence-electron chi connectivity index (χ2n) is 5.48. The maximum atomic E-state index is 12.4. The number of hydrogen-bond donors (Lipinski definition) is 1. The van der Waals surface area contributed by atoms with E-state index in [-0.39, 0.29) is 12.0 Å². The third-order valence-corrected chi connectivity index (χ3v) is 3.78. The van der Waals surface area contributed by atoms with Crippen LogP contribution < -0.4 is 5.73 Å². The summed E-state index contributed by atoms with van der Waals surface area (Å²) >= 11 is 0. The third kappa shape index (κ3) is 3.65. The lowest BCUT2D eigenvalue weighted by Gasteiger charge is -2.33. The van der Waals surface area contributed by atoms with Crippen molar-refractivity contribution in [2.75, 3.05) is 25.4 Å². The van der Waals surface area contributed by atoms with Crippen LogP contribution in [0.1, 0.15) is 5.56 Å². The zero-order chi connectivity index (χ0) is 15.4. The summed E-state index contributed by atoms with van der Waals surface area (Å²) < 4.78 is 7.56. The van der Waals surface area contributed by atoms with Crippen LogP contribution >= 0.6 is 0 Å². The van der Waals surface area contributed by atoms with Crippen molar-refractivity contribution in [2.24, 2.45) is 0 Å². The van der Waals surface area contributed by atoms with Crippen molar-refractivity contribution >= 4 is 11.6 Å². The smallest absolute Gasteiger partial charge is 0.227 e. The number of nitrogen functional groups attached to an aromatic ring is 1. The maximum Gasteiger partial charge on any atom is 0.227 e. The van der Waals surface area contributed by atoms with Crippen molar-refractivity contribution in [2.45, 2.75) is 19.1 Å². The van der Waals surface area contributed by atoms with Gasteiger partial charge in [-0.25, -0.2) is 0 Å². The van der Waals surface area contributed by atoms with Gasteiger partial charge in [0.25, 0.3) is 0 Å². The van der Waals surface area contributed by atoms with Gasteiger partial charge in [0.2, 0.25) is 5.91 Å². The number of amides is 1. The summed E-state index contributed by atoms with van der Waals surface area (Å²) in [7, 11) is 0. The number of morpholine rings is 1. The first-order valence-electron chi connectivity index (χ1n) is 7.42. The molecule has 1 aromatic carbocycles. The number of carbonyl (C=O) groups is 1. The van der Waals surface area contributed by atoms with Crippen LogP contribution in [-0.2, 0) is 22.5 Å². The zero-order valence-electron chi connectivity index (χ0n) is 12.4. The van der Waals surface area contributed by atoms with E-state index >= 15 is 0 Å². The standard InChI is InChI=1S/C16H20N4O2/c17-14-4-2-13(3-5-14)10-16(21)19-8-9-22-15(11-19)12-20-7-1-6-18-20/h1-7,15H,8-12,17H2. The molecule has 1 saturated heterocycles. The Kier molecular flexibility index (Phi) is 4.39. The molecule has 6 nitrogen and oxygen atoms in total. The van der Waals surface area contributed by atoms with Gasteiger partial charge in [0.1, 0.15) is 0 Å². The highest BCUT2D eigenvalue weighted by molar-refractivity contribution is 5.79. The number of nitrogens with zero attached hydrogens (tertiary/aromatic N) is 3. The molecule has 0 saturated carbocycles. The minimum atomic E-state index is -0.0102. The topological polar surface area (TPSA) is 73.4 Å². The molecule has 2 N–H and O–H groups in total. The van der Waals surface area contributed by atoms with E-state index in [2.05, 4.69) is 5.10 Å². The molecule has 2 aromatic rings. The molecule has 22 heavy (non-hydrogen) atoms. The van der Waals surface area contributed by atoms with Crippen LogP contribution in [-0.4, -0.2) is 46.4 Å². The first-order valence-corrected chi connectivity index (χ1v) is 7.42. The van der Waals surface area contributed by atoms with E-state index in [0.717, 1.165) is 5.56 Å². The molecule has 1 unspecified atom stereocenters. The molecule has 6 heteroatoms. The molecule has 2 heterocycles. The Bertz CT molecular complexity index is 610. The monoisotopic (exact) mass is 300 g/mol. The van der Waals surface area contributed by atoms with Gasteiger partial charge in [0.05, 0.1) is 25.7 Å². The average Bonchev–Trinajstić information content (AvgIpc) is 3.03. The zero-order valence-corrected chi connectivity index (χ0v) is 12.4. The molecule has 1 aliphatic rings. The van der Waals surface area contributed by atoms with Crippen LogP contribution in [0.15, 0.2) is 42.7 Å². The van der Waals surface area contributed by atoms with Crippen LogP contribution in [0.2, 0.25) is 0 Å². The lowest BCUT2D eigenvalue weighted by molar-refractivity contribution is -0.138. The quantitative estimate of drug-likeness (QED) is 0.853. The molecule has 3 rings (SSSR count). The molecule has 1 amide bonds. The highest BCUT2D eigenvalue weighted by atomic mass is 16.5. The van der Waals surface area contributed by atoms with Gasteiger partial charge < -0.3 is 15.4 Å². The minimum absolute atomic E-state index is 0.0102. The molecule has 1 aromatic heterocycles. The first kappa shape index (κ1) is 14.6. The Morgan fingerprint density at radius 3 is 2.91 bits per heavy atom. The second kappa shape index (κ2) is 6.62. The van der Waals surface area contributed by atoms with E-state index in [4.69, 9.17) is 10.5 Å². The highest BCUT2D eigenvalue weighted by Gasteiger charge is 2.24. The lowest BCUT2D eigenvalue weighted by Crippen LogP contribution is -2.47. The summed E-state index contributed by atoms with van der Waals surface area (Å²) in [6.45, 7) is 2.48. The fourth-order valence-electron chi connectivity index (χ4n) is 2.60. The molecule has 0 radical (unpaired) electrons. The number of ether oxygens (including phenoxy) is 1. The van der Waals surface area contributed by atoms with Gasteiger partial charge in [-0.3, -0.25) is 9.48 Å². The first-order chi connectivity index (χ1) is 10.7. The number of aromatic nitrogens is 2. The number of carbonyl (C=O) groups excluding carboxylic acids is 1. The largest absolute Gasteiger partial charge is 0.399 e. The predicted octanol–water partition coefficient (Wildman–Crippen LogP) is 0.935. The summed E-state index contributed by atoms with van der Waals surface area (Å²) in [5.74, 6) is 0.124. The van der Waals surface area contributed by atoms with Crippen LogP contribution in [0.25, 0.3) is 0 Å². The van der Waals surface area contributed by atoms with Crippen LogP contribution in [0.3, 0.4) is 0 Å². The molecular formula is C16H20N4O2. The Balaban J connectivity index is 1.56. The van der Waals surface area contributed by atoms with Gasteiger partial charge in [-0.05, 0) is 23.8 Å². The normalized spacial score (nSPS) is 18.4. The molecule has 0 aliphatic carbocycles. The Morgan fingerprint density at radius 2 is 2.18 bits per heavy atom. The summed E-state index contributed by atoms with van der Waals surface area (Å²) in [5.41, 5.74) is 7.35. The highest BCUT2D eigenvalue weighted by Crippen LogP contribution is 2.11. The van der Waals surface area contributed by atoms with Gasteiger partial charge in [0, 0.05) is 31.2 Å². The van der Waals surface area contributed by atoms with Gasteiger partial charge >= 0.3 is 0 Å². The Morgan fingerprint density at radius 1 is 1.36 bits per heavy atom. The van der Waals surface area contributed by atoms with Crippen LogP contribution in [0.5, 0.6) is 0 Å². The molecule has 1 atom stereocenters. The Labute approximate surface area is 129 Å². The van der Waals surface area contributed by atoms with Crippen molar-refractivity contribution < 1.29 is 9.53 Å². The molecule has 116 valence electrons. The van der Waals surface area contributed by atoms with Crippen molar-refractivity contribution in [3.05, 3.63) is 48.3 Å². The van der Waals surface area contributed by atoms with Crippen LogP contribution in [0.4, 0.5) is 5.69 Å². The molecule has 0 spiro atoms. The number of anilines is 1. The number of rotatable bonds is 4. The lowest BCUT2D eigenvalue weighted by atomic mass is 10.1. The van der Waals surface area contributed by atoms with E-state index < -0.39 is 0 Å². The summed E-state index contributed by atoms with van der Waals surface area (Å²) in [5, 5.41) is 4.18. The number of benzene rings is 1. The van der Waals surface area contributed by atoms with Gasteiger partial charge in [-0.15, -0.1) is 0 Å². The summed E-state index contributed by atoms with van der Waals surface area (Å²) in [4.78, 5) is 14.3. The van der Waals surface area contributed by atoms with Crippen molar-refractivity contribution in [1.82, 2.24) is 14.7 Å². The van der Waals surface area contributed by atoms with E-state index in [1.54, 1.807) is 6.20 Å². The van der Waals surface area contributed by atoms with Gasteiger partial charge in [0.15, 0.2) is 0 Å². The van der Waals surface area contributed by atoms with Crippen molar-refractivity contribution in [1.29, 1.82) is 0 Å². The average molecular weight is 300 g/mol. The molecule has 0 bridgehead atoms. The number of nitrogens with two attached hydrogens (primary N) is 1. The summed E-state index contributed by atoms with van der Waals surface area (Å²) in [6, 6.07) is 9.32. The van der Waals surface area contributed by atoms with Gasteiger partial charge in [-0.1, -0.05) is 12.1 Å². The molecular weight excluding hydrogens is 280 g/mol. The minimum Gasteiger partial charge on any atom is -0.399 e. The fourth-order valence-corrected chi connectivity index (χ4v) is 2.60. The van der Waals surface area contributed by atoms with E-state index in [1.165, 1.54) is 0 Å². The molecule has 1 aliphatic heterocycles. The predicted molar refractivity (Wildman–Crippen MR) is 83.1 cm³/mol. The van der Waals surface area contributed by atoms with E-state index in [1.807, 2.05) is 46.1 Å². The maximum absolute atomic E-state index is 12.4. The van der Waals surface area contributed by atoms with Crippen LogP contribution in [0, 0.1) is 0 Å². The SMILES string of the molecule is Nc1ccc(CC(=O)N2CCOC(Cn3cccn3)C2)cc1. The van der Waals surface area contributed by atoms with Gasteiger partial charge in [-0.2, -0.15) is 5.10 Å². The fraction of sp³-hybridized carbons (Fsp3) is 0.375. The van der Waals surface area contributed by atoms with E-state index in [9.17, 15) is 4.79 Å². The molecule has 1 fully saturated rings.